The molecule has 0 N–H and O–H groups in total. The Balaban J connectivity index is 2.10. The molecule has 1 aromatic heterocycles. The summed E-state index contributed by atoms with van der Waals surface area (Å²) in [4.78, 5) is 0. The number of fused-ring (bicyclic) bond motifs is 2. The summed E-state index contributed by atoms with van der Waals surface area (Å²) in [5.74, 6) is 2.69. The maximum Gasteiger partial charge on any atom is 0.180 e. The van der Waals surface area contributed by atoms with Crippen LogP contribution in [0.2, 0.25) is 0 Å². The third-order valence-electron chi connectivity index (χ3n) is 2.11. The van der Waals surface area contributed by atoms with Gasteiger partial charge in [-0.15, -0.1) is 11.3 Å². The highest BCUT2D eigenvalue weighted by atomic mass is 32.1. The number of benzene rings is 1. The molecule has 15 heavy (non-hydrogen) atoms. The molecular weight excluding hydrogens is 210 g/mol. The molecule has 0 saturated heterocycles. The number of hydrogen-bond donors (Lipinski definition) is 0. The van der Waals surface area contributed by atoms with Crippen molar-refractivity contribution in [2.24, 2.45) is 0 Å². The van der Waals surface area contributed by atoms with Gasteiger partial charge in [-0.1, -0.05) is 0 Å². The molecule has 1 aliphatic heterocycles. The molecule has 0 amide bonds. The lowest BCUT2D eigenvalue weighted by Crippen LogP contribution is -1.96. The van der Waals surface area contributed by atoms with Gasteiger partial charge in [0.05, 0.1) is 11.6 Å². The summed E-state index contributed by atoms with van der Waals surface area (Å²) in [5.41, 5.74) is 0.566. The Morgan fingerprint density at radius 1 is 1.00 bits per heavy atom. The van der Waals surface area contributed by atoms with E-state index in [0.717, 1.165) is 5.75 Å². The second-order valence-electron chi connectivity index (χ2n) is 3.08. The SMILES string of the molecule is N#Cc1ccc2c(c1)Oc1cscc1O2. The van der Waals surface area contributed by atoms with Crippen molar-refractivity contribution in [1.29, 1.82) is 5.26 Å². The minimum absolute atomic E-state index is 0.566. The van der Waals surface area contributed by atoms with Gasteiger partial charge in [0.15, 0.2) is 23.0 Å². The molecule has 0 atom stereocenters. The Hall–Kier alpha value is -1.99. The summed E-state index contributed by atoms with van der Waals surface area (Å²) >= 11 is 1.52. The molecule has 0 spiro atoms. The smallest absolute Gasteiger partial charge is 0.180 e. The topological polar surface area (TPSA) is 42.2 Å². The van der Waals surface area contributed by atoms with Crippen molar-refractivity contribution in [2.45, 2.75) is 0 Å². The van der Waals surface area contributed by atoms with Gasteiger partial charge in [0.25, 0.3) is 0 Å². The van der Waals surface area contributed by atoms with Crippen molar-refractivity contribution in [1.82, 2.24) is 0 Å². The number of rotatable bonds is 0. The lowest BCUT2D eigenvalue weighted by atomic mass is 10.2. The summed E-state index contributed by atoms with van der Waals surface area (Å²) in [6, 6.07) is 7.19. The average Bonchev–Trinajstić information content (AvgIpc) is 2.72. The fourth-order valence-corrected chi connectivity index (χ4v) is 2.04. The molecule has 72 valence electrons. The second-order valence-corrected chi connectivity index (χ2v) is 3.82. The Labute approximate surface area is 90.1 Å². The maximum atomic E-state index is 8.75. The van der Waals surface area contributed by atoms with Crippen LogP contribution in [0.5, 0.6) is 23.0 Å². The van der Waals surface area contributed by atoms with E-state index in [4.69, 9.17) is 14.7 Å². The van der Waals surface area contributed by atoms with Gasteiger partial charge in [0, 0.05) is 16.8 Å². The zero-order chi connectivity index (χ0) is 10.3. The molecule has 0 radical (unpaired) electrons. The zero-order valence-electron chi connectivity index (χ0n) is 7.56. The maximum absolute atomic E-state index is 8.75. The summed E-state index contributed by atoms with van der Waals surface area (Å²) < 4.78 is 11.2. The minimum Gasteiger partial charge on any atom is -0.449 e. The van der Waals surface area contributed by atoms with Gasteiger partial charge in [-0.05, 0) is 12.1 Å². The first-order chi connectivity index (χ1) is 7.36. The largest absolute Gasteiger partial charge is 0.449 e. The molecule has 0 fully saturated rings. The van der Waals surface area contributed by atoms with E-state index in [1.54, 1.807) is 18.2 Å². The molecule has 1 aliphatic rings. The first kappa shape index (κ1) is 8.33. The van der Waals surface area contributed by atoms with Crippen molar-refractivity contribution in [3.63, 3.8) is 0 Å². The van der Waals surface area contributed by atoms with Crippen molar-refractivity contribution in [3.8, 4) is 29.1 Å². The number of thiophene rings is 1. The van der Waals surface area contributed by atoms with Gasteiger partial charge >= 0.3 is 0 Å². The van der Waals surface area contributed by atoms with Crippen LogP contribution in [0.15, 0.2) is 29.0 Å². The summed E-state index contributed by atoms with van der Waals surface area (Å²) in [6.07, 6.45) is 0. The van der Waals surface area contributed by atoms with Crippen molar-refractivity contribution in [3.05, 3.63) is 34.5 Å². The summed E-state index contributed by atoms with van der Waals surface area (Å²) in [7, 11) is 0. The minimum atomic E-state index is 0.566. The van der Waals surface area contributed by atoms with Crippen LogP contribution in [-0.4, -0.2) is 0 Å². The summed E-state index contributed by atoms with van der Waals surface area (Å²) in [6.45, 7) is 0. The van der Waals surface area contributed by atoms with Crippen LogP contribution in [0.4, 0.5) is 0 Å². The van der Waals surface area contributed by atoms with Crippen LogP contribution < -0.4 is 9.47 Å². The fourth-order valence-electron chi connectivity index (χ4n) is 1.40. The first-order valence-corrected chi connectivity index (χ1v) is 5.27. The molecule has 0 unspecified atom stereocenters. The van der Waals surface area contributed by atoms with Crippen LogP contribution in [-0.2, 0) is 0 Å². The average molecular weight is 215 g/mol. The van der Waals surface area contributed by atoms with E-state index in [-0.39, 0.29) is 0 Å². The molecule has 2 heterocycles. The van der Waals surface area contributed by atoms with Crippen LogP contribution >= 0.6 is 11.3 Å². The van der Waals surface area contributed by atoms with Crippen LogP contribution in [0.1, 0.15) is 5.56 Å². The molecule has 3 nitrogen and oxygen atoms in total. The Morgan fingerprint density at radius 3 is 2.47 bits per heavy atom. The van der Waals surface area contributed by atoms with E-state index in [1.165, 1.54) is 11.3 Å². The number of nitriles is 1. The van der Waals surface area contributed by atoms with Gasteiger partial charge < -0.3 is 9.47 Å². The Kier molecular flexibility index (Phi) is 1.67. The molecule has 3 rings (SSSR count). The van der Waals surface area contributed by atoms with Gasteiger partial charge in [0.1, 0.15) is 0 Å². The summed E-state index contributed by atoms with van der Waals surface area (Å²) in [5, 5.41) is 12.5. The molecule has 4 heteroatoms. The third kappa shape index (κ3) is 1.25. The van der Waals surface area contributed by atoms with E-state index in [2.05, 4.69) is 6.07 Å². The normalized spacial score (nSPS) is 11.7. The Morgan fingerprint density at radius 2 is 1.73 bits per heavy atom. The predicted molar refractivity (Wildman–Crippen MR) is 55.6 cm³/mol. The van der Waals surface area contributed by atoms with E-state index in [0.29, 0.717) is 22.8 Å². The quantitative estimate of drug-likeness (QED) is 0.576. The van der Waals surface area contributed by atoms with Crippen molar-refractivity contribution >= 4 is 11.3 Å². The zero-order valence-corrected chi connectivity index (χ0v) is 8.38. The molecule has 0 bridgehead atoms. The first-order valence-electron chi connectivity index (χ1n) is 4.33. The molecular formula is C11H5NO2S. The molecule has 0 saturated carbocycles. The van der Waals surface area contributed by atoms with Crippen LogP contribution in [0.3, 0.4) is 0 Å². The highest BCUT2D eigenvalue weighted by Crippen LogP contribution is 2.46. The molecule has 1 aromatic carbocycles. The lowest BCUT2D eigenvalue weighted by Gasteiger charge is -2.17. The highest BCUT2D eigenvalue weighted by molar-refractivity contribution is 7.08. The second kappa shape index (κ2) is 3.01. The van der Waals surface area contributed by atoms with Crippen molar-refractivity contribution < 1.29 is 9.47 Å². The Bertz CT molecular complexity index is 568. The highest BCUT2D eigenvalue weighted by Gasteiger charge is 2.19. The number of hydrogen-bond acceptors (Lipinski definition) is 4. The standard InChI is InChI=1S/C11H5NO2S/c12-4-7-1-2-8-9(3-7)14-11-6-15-5-10(11)13-8/h1-3,5-6H. The molecule has 0 aliphatic carbocycles. The van der Waals surface area contributed by atoms with E-state index in [9.17, 15) is 0 Å². The van der Waals surface area contributed by atoms with Gasteiger partial charge in [-0.2, -0.15) is 5.26 Å². The van der Waals surface area contributed by atoms with Gasteiger partial charge in [-0.25, -0.2) is 0 Å². The van der Waals surface area contributed by atoms with Crippen molar-refractivity contribution in [2.75, 3.05) is 0 Å². The number of nitrogens with zero attached hydrogens (tertiary/aromatic N) is 1. The monoisotopic (exact) mass is 215 g/mol. The number of ether oxygens (including phenoxy) is 2. The third-order valence-corrected chi connectivity index (χ3v) is 2.81. The van der Waals surface area contributed by atoms with Crippen LogP contribution in [0, 0.1) is 11.3 Å². The van der Waals surface area contributed by atoms with Crippen LogP contribution in [0.25, 0.3) is 0 Å². The van der Waals surface area contributed by atoms with Gasteiger partial charge in [-0.3, -0.25) is 0 Å². The fraction of sp³-hybridized carbons (Fsp3) is 0. The van der Waals surface area contributed by atoms with E-state index in [1.807, 2.05) is 10.8 Å². The predicted octanol–water partition coefficient (Wildman–Crippen LogP) is 3.52. The van der Waals surface area contributed by atoms with E-state index >= 15 is 0 Å². The molecule has 2 aromatic rings. The van der Waals surface area contributed by atoms with E-state index < -0.39 is 0 Å². The van der Waals surface area contributed by atoms with Gasteiger partial charge in [0.2, 0.25) is 0 Å². The lowest BCUT2D eigenvalue weighted by molar-refractivity contribution is 0.362.